The van der Waals surface area contributed by atoms with Gasteiger partial charge in [0.1, 0.15) is 0 Å². The van der Waals surface area contributed by atoms with Gasteiger partial charge in [0, 0.05) is 6.04 Å². The Morgan fingerprint density at radius 3 is 2.74 bits per heavy atom. The fraction of sp³-hybridized carbons (Fsp3) is 0.471. The van der Waals surface area contributed by atoms with Crippen LogP contribution in [0.3, 0.4) is 0 Å². The summed E-state index contributed by atoms with van der Waals surface area (Å²) in [4.78, 5) is 12.8. The molecule has 1 amide bonds. The normalized spacial score (nSPS) is 15.7. The highest BCUT2D eigenvalue weighted by Gasteiger charge is 2.51. The van der Waals surface area contributed by atoms with E-state index in [0.29, 0.717) is 11.3 Å². The van der Waals surface area contributed by atoms with E-state index in [1.807, 2.05) is 30.5 Å². The second kappa shape index (κ2) is 5.92. The first kappa shape index (κ1) is 15.9. The van der Waals surface area contributed by atoms with Crippen molar-refractivity contribution in [2.45, 2.75) is 51.6 Å². The molecule has 1 fully saturated rings. The van der Waals surface area contributed by atoms with Crippen molar-refractivity contribution in [3.8, 4) is 0 Å². The molecule has 0 aliphatic heterocycles. The highest BCUT2D eigenvalue weighted by Crippen LogP contribution is 2.49. The molecule has 1 aliphatic rings. The van der Waals surface area contributed by atoms with Gasteiger partial charge in [-0.15, -0.1) is 0 Å². The van der Waals surface area contributed by atoms with Crippen LogP contribution in [-0.4, -0.2) is 20.7 Å². The molecule has 122 valence electrons. The molecule has 2 aromatic rings. The van der Waals surface area contributed by atoms with Crippen LogP contribution in [0.5, 0.6) is 0 Å². The topological polar surface area (TPSA) is 62.7 Å². The Balaban J connectivity index is 1.76. The number of H-pyrrole nitrogens is 1. The number of amides is 1. The Labute approximate surface area is 141 Å². The van der Waals surface area contributed by atoms with E-state index >= 15 is 0 Å². The number of aryl methyl sites for hydroxylation is 1. The summed E-state index contributed by atoms with van der Waals surface area (Å²) in [6, 6.07) is 8.34. The summed E-state index contributed by atoms with van der Waals surface area (Å²) in [7, 11) is 0. The lowest BCUT2D eigenvalue weighted by molar-refractivity contribution is -0.123. The van der Waals surface area contributed by atoms with Gasteiger partial charge in [-0.3, -0.25) is 9.89 Å². The largest absolute Gasteiger partial charge is 0.348 e. The van der Waals surface area contributed by atoms with Crippen molar-refractivity contribution in [1.82, 2.24) is 20.1 Å². The van der Waals surface area contributed by atoms with E-state index in [1.54, 1.807) is 0 Å². The molecule has 1 aliphatic carbocycles. The Bertz CT molecular complexity index is 786. The van der Waals surface area contributed by atoms with Crippen LogP contribution in [0.2, 0.25) is 0 Å². The van der Waals surface area contributed by atoms with E-state index in [1.165, 1.54) is 5.56 Å². The number of aromatic amines is 1. The van der Waals surface area contributed by atoms with Gasteiger partial charge in [0.15, 0.2) is 10.6 Å². The molecule has 23 heavy (non-hydrogen) atoms. The van der Waals surface area contributed by atoms with Crippen molar-refractivity contribution in [2.75, 3.05) is 0 Å². The summed E-state index contributed by atoms with van der Waals surface area (Å²) in [5.74, 6) is 0.843. The molecular weight excluding hydrogens is 308 g/mol. The summed E-state index contributed by atoms with van der Waals surface area (Å²) in [6.07, 6.45) is 1.81. The SMILES string of the molecule is Cc1ccccc1C1(C(=O)NCc2n[nH]c(=S)n2C(C)C)CC1. The molecule has 0 spiro atoms. The maximum absolute atomic E-state index is 12.8. The van der Waals surface area contributed by atoms with Gasteiger partial charge in [0.2, 0.25) is 5.91 Å². The average molecular weight is 330 g/mol. The van der Waals surface area contributed by atoms with Crippen molar-refractivity contribution in [3.05, 3.63) is 46.0 Å². The number of aromatic nitrogens is 3. The van der Waals surface area contributed by atoms with Crippen molar-refractivity contribution in [2.24, 2.45) is 0 Å². The molecule has 6 heteroatoms. The first-order valence-corrected chi connectivity index (χ1v) is 8.37. The third-order valence-corrected chi connectivity index (χ3v) is 4.83. The van der Waals surface area contributed by atoms with E-state index in [2.05, 4.69) is 34.6 Å². The summed E-state index contributed by atoms with van der Waals surface area (Å²) in [5, 5.41) is 10.1. The Morgan fingerprint density at radius 2 is 2.13 bits per heavy atom. The van der Waals surface area contributed by atoms with E-state index in [9.17, 15) is 4.79 Å². The highest BCUT2D eigenvalue weighted by molar-refractivity contribution is 7.71. The predicted octanol–water partition coefficient (Wildman–Crippen LogP) is 3.18. The smallest absolute Gasteiger partial charge is 0.231 e. The zero-order chi connectivity index (χ0) is 16.6. The zero-order valence-corrected chi connectivity index (χ0v) is 14.5. The molecule has 0 atom stereocenters. The van der Waals surface area contributed by atoms with Crippen LogP contribution in [0.4, 0.5) is 0 Å². The van der Waals surface area contributed by atoms with Crippen LogP contribution in [0.1, 0.15) is 49.7 Å². The van der Waals surface area contributed by atoms with E-state index in [0.717, 1.165) is 24.2 Å². The molecule has 0 radical (unpaired) electrons. The van der Waals surface area contributed by atoms with Crippen molar-refractivity contribution >= 4 is 18.1 Å². The van der Waals surface area contributed by atoms with Gasteiger partial charge < -0.3 is 9.88 Å². The molecule has 3 rings (SSSR count). The summed E-state index contributed by atoms with van der Waals surface area (Å²) in [6.45, 7) is 6.54. The standard InChI is InChI=1S/C17H22N4OS/c1-11(2)21-14(19-20-16(21)23)10-18-15(22)17(8-9-17)13-7-5-4-6-12(13)3/h4-7,11H,8-10H2,1-3H3,(H,18,22)(H,20,23). The quantitative estimate of drug-likeness (QED) is 0.828. The lowest BCUT2D eigenvalue weighted by Gasteiger charge is -2.18. The number of hydrogen-bond donors (Lipinski definition) is 2. The number of nitrogens with zero attached hydrogens (tertiary/aromatic N) is 2. The van der Waals surface area contributed by atoms with Gasteiger partial charge in [0.05, 0.1) is 12.0 Å². The van der Waals surface area contributed by atoms with Gasteiger partial charge in [0.25, 0.3) is 0 Å². The first-order chi connectivity index (χ1) is 11.0. The van der Waals surface area contributed by atoms with Crippen molar-refractivity contribution in [3.63, 3.8) is 0 Å². The van der Waals surface area contributed by atoms with Crippen LogP contribution >= 0.6 is 12.2 Å². The third-order valence-electron chi connectivity index (χ3n) is 4.55. The number of hydrogen-bond acceptors (Lipinski definition) is 3. The minimum Gasteiger partial charge on any atom is -0.348 e. The van der Waals surface area contributed by atoms with Crippen molar-refractivity contribution in [1.29, 1.82) is 0 Å². The molecule has 0 saturated heterocycles. The predicted molar refractivity (Wildman–Crippen MR) is 91.7 cm³/mol. The summed E-state index contributed by atoms with van der Waals surface area (Å²) < 4.78 is 2.52. The maximum Gasteiger partial charge on any atom is 0.231 e. The zero-order valence-electron chi connectivity index (χ0n) is 13.7. The van der Waals surface area contributed by atoms with Crippen molar-refractivity contribution < 1.29 is 4.79 Å². The number of rotatable bonds is 5. The molecule has 2 N–H and O–H groups in total. The van der Waals surface area contributed by atoms with Crippen LogP contribution < -0.4 is 5.32 Å². The lowest BCUT2D eigenvalue weighted by Crippen LogP contribution is -2.35. The summed E-state index contributed by atoms with van der Waals surface area (Å²) >= 11 is 5.24. The maximum atomic E-state index is 12.8. The molecular formula is C17H22N4OS. The number of nitrogens with one attached hydrogen (secondary N) is 2. The average Bonchev–Trinajstić information content (AvgIpc) is 3.23. The Hall–Kier alpha value is -1.95. The number of carbonyl (C=O) groups is 1. The number of carbonyl (C=O) groups excluding carboxylic acids is 1. The molecule has 1 aromatic heterocycles. The fourth-order valence-corrected chi connectivity index (χ4v) is 3.54. The summed E-state index contributed by atoms with van der Waals surface area (Å²) in [5.41, 5.74) is 1.95. The lowest BCUT2D eigenvalue weighted by atomic mass is 9.91. The van der Waals surface area contributed by atoms with Gasteiger partial charge in [-0.25, -0.2) is 0 Å². The molecule has 0 bridgehead atoms. The van der Waals surface area contributed by atoms with Gasteiger partial charge in [-0.1, -0.05) is 24.3 Å². The minimum absolute atomic E-state index is 0.0797. The second-order valence-electron chi connectivity index (χ2n) is 6.49. The monoisotopic (exact) mass is 330 g/mol. The van der Waals surface area contributed by atoms with Crippen LogP contribution in [0.15, 0.2) is 24.3 Å². The molecule has 5 nitrogen and oxygen atoms in total. The molecule has 1 saturated carbocycles. The van der Waals surface area contributed by atoms with Gasteiger partial charge >= 0.3 is 0 Å². The molecule has 1 aromatic carbocycles. The van der Waals surface area contributed by atoms with Crippen LogP contribution in [-0.2, 0) is 16.8 Å². The first-order valence-electron chi connectivity index (χ1n) is 7.96. The van der Waals surface area contributed by atoms with Crippen LogP contribution in [0, 0.1) is 11.7 Å². The van der Waals surface area contributed by atoms with Gasteiger partial charge in [-0.2, -0.15) is 5.10 Å². The second-order valence-corrected chi connectivity index (χ2v) is 6.88. The van der Waals surface area contributed by atoms with E-state index < -0.39 is 0 Å². The molecule has 0 unspecified atom stereocenters. The van der Waals surface area contributed by atoms with E-state index in [-0.39, 0.29) is 17.4 Å². The Morgan fingerprint density at radius 1 is 1.43 bits per heavy atom. The number of benzene rings is 1. The minimum atomic E-state index is -0.360. The fourth-order valence-electron chi connectivity index (χ4n) is 3.18. The van der Waals surface area contributed by atoms with E-state index in [4.69, 9.17) is 12.2 Å². The van der Waals surface area contributed by atoms with Gasteiger partial charge in [-0.05, 0) is 57.0 Å². The van der Waals surface area contributed by atoms with Crippen LogP contribution in [0.25, 0.3) is 0 Å². The Kier molecular flexibility index (Phi) is 4.10. The highest BCUT2D eigenvalue weighted by atomic mass is 32.1. The third kappa shape index (κ3) is 2.83. The molecule has 1 heterocycles.